The summed E-state index contributed by atoms with van der Waals surface area (Å²) in [6.07, 6.45) is 0. The van der Waals surface area contributed by atoms with Crippen LogP contribution in [0.15, 0.2) is 90.0 Å². The quantitative estimate of drug-likeness (QED) is 0.252. The van der Waals surface area contributed by atoms with Gasteiger partial charge in [0.2, 0.25) is 23.6 Å². The monoisotopic (exact) mass is 574 g/mol. The van der Waals surface area contributed by atoms with Gasteiger partial charge in [0.15, 0.2) is 0 Å². The van der Waals surface area contributed by atoms with Crippen molar-refractivity contribution < 1.29 is 28.7 Å². The number of esters is 1. The van der Waals surface area contributed by atoms with Gasteiger partial charge in [0, 0.05) is 16.9 Å². The predicted molar refractivity (Wildman–Crippen MR) is 158 cm³/mol. The number of hydrogen-bond donors (Lipinski definition) is 0. The number of rotatable bonds is 4. The van der Waals surface area contributed by atoms with Crippen LogP contribution in [-0.2, 0) is 24.0 Å². The van der Waals surface area contributed by atoms with Crippen molar-refractivity contribution in [1.82, 2.24) is 0 Å². The first-order valence-corrected chi connectivity index (χ1v) is 14.4. The molecule has 8 nitrogen and oxygen atoms in total. The fourth-order valence-electron chi connectivity index (χ4n) is 8.36. The number of ether oxygens (including phenoxy) is 1. The standard InChI is InChI=1S/C35H30N2O6/c1-18-12-8-10-16-22(18)36-30(38)25-24-20(3)27(34(42)43-21-14-6-5-7-15-21)35(4,28(25)32(36)40)29-26(24)31(39)37(33(29)41)23-17-11-9-13-19(23)2/h5-17,24-26,28-29H,1-4H3/t24?,25-,26-,28-,29-,35?/m0/s1. The van der Waals surface area contributed by atoms with Crippen molar-refractivity contribution in [2.24, 2.45) is 35.0 Å². The van der Waals surface area contributed by atoms with Gasteiger partial charge in [-0.1, -0.05) is 67.1 Å². The fourth-order valence-corrected chi connectivity index (χ4v) is 8.36. The van der Waals surface area contributed by atoms with E-state index in [1.165, 1.54) is 9.80 Å². The second kappa shape index (κ2) is 9.33. The van der Waals surface area contributed by atoms with Crippen LogP contribution in [-0.4, -0.2) is 29.6 Å². The molecule has 2 heterocycles. The van der Waals surface area contributed by atoms with Gasteiger partial charge >= 0.3 is 5.97 Å². The average molecular weight is 575 g/mol. The van der Waals surface area contributed by atoms with Gasteiger partial charge in [0.1, 0.15) is 5.75 Å². The largest absolute Gasteiger partial charge is 0.423 e. The zero-order valence-corrected chi connectivity index (χ0v) is 24.2. The Labute approximate surface area is 248 Å². The lowest BCUT2D eigenvalue weighted by atomic mass is 9.43. The van der Waals surface area contributed by atoms with Gasteiger partial charge in [0.05, 0.1) is 35.0 Å². The first kappa shape index (κ1) is 27.0. The Balaban J connectivity index is 1.42. The minimum Gasteiger partial charge on any atom is -0.423 e. The number of allylic oxidation sites excluding steroid dienone is 1. The van der Waals surface area contributed by atoms with E-state index in [1.807, 2.05) is 38.1 Å². The number of amides is 4. The molecule has 3 fully saturated rings. The lowest BCUT2D eigenvalue weighted by molar-refractivity contribution is -0.152. The highest BCUT2D eigenvalue weighted by molar-refractivity contribution is 6.28. The van der Waals surface area contributed by atoms with Gasteiger partial charge in [0.25, 0.3) is 0 Å². The first-order chi connectivity index (χ1) is 20.6. The van der Waals surface area contributed by atoms with Crippen LogP contribution >= 0.6 is 0 Å². The van der Waals surface area contributed by atoms with Gasteiger partial charge in [-0.3, -0.25) is 19.2 Å². The number of nitrogens with zero attached hydrogens (tertiary/aromatic N) is 2. The molecular weight excluding hydrogens is 544 g/mol. The molecule has 2 aliphatic heterocycles. The average Bonchev–Trinajstić information content (AvgIpc) is 3.40. The Hall–Kier alpha value is -4.85. The van der Waals surface area contributed by atoms with Crippen molar-refractivity contribution in [2.75, 3.05) is 9.80 Å². The van der Waals surface area contributed by atoms with Gasteiger partial charge in [-0.15, -0.1) is 0 Å². The van der Waals surface area contributed by atoms with E-state index in [1.54, 1.807) is 68.4 Å². The zero-order valence-electron chi connectivity index (χ0n) is 24.2. The molecule has 43 heavy (non-hydrogen) atoms. The second-order valence-corrected chi connectivity index (χ2v) is 12.2. The molecule has 3 aliphatic carbocycles. The number of benzene rings is 3. The molecule has 4 amide bonds. The Bertz CT molecular complexity index is 1700. The minimum atomic E-state index is -1.48. The van der Waals surface area contributed by atoms with E-state index in [0.29, 0.717) is 22.7 Å². The maximum atomic E-state index is 14.4. The third-order valence-corrected chi connectivity index (χ3v) is 10.1. The van der Waals surface area contributed by atoms with Crippen molar-refractivity contribution in [3.63, 3.8) is 0 Å². The summed E-state index contributed by atoms with van der Waals surface area (Å²) in [5.41, 5.74) is 1.65. The van der Waals surface area contributed by atoms with Crippen molar-refractivity contribution in [2.45, 2.75) is 27.7 Å². The summed E-state index contributed by atoms with van der Waals surface area (Å²) < 4.78 is 5.81. The normalized spacial score (nSPS) is 29.3. The van der Waals surface area contributed by atoms with Gasteiger partial charge in [-0.2, -0.15) is 0 Å². The lowest BCUT2D eigenvalue weighted by Gasteiger charge is -2.55. The smallest absolute Gasteiger partial charge is 0.339 e. The molecule has 216 valence electrons. The molecule has 0 spiro atoms. The van der Waals surface area contributed by atoms with Crippen molar-refractivity contribution in [3.05, 3.63) is 101 Å². The molecule has 1 saturated carbocycles. The Kier molecular flexibility index (Phi) is 5.86. The summed E-state index contributed by atoms with van der Waals surface area (Å²) in [4.78, 5) is 73.9. The zero-order chi connectivity index (χ0) is 30.4. The van der Waals surface area contributed by atoms with Crippen LogP contribution in [0.25, 0.3) is 0 Å². The van der Waals surface area contributed by atoms with E-state index < -0.39 is 64.6 Å². The van der Waals surface area contributed by atoms with Gasteiger partial charge in [-0.25, -0.2) is 14.6 Å². The molecule has 5 aliphatic rings. The van der Waals surface area contributed by atoms with Crippen LogP contribution in [0.2, 0.25) is 0 Å². The van der Waals surface area contributed by atoms with Crippen LogP contribution in [0.3, 0.4) is 0 Å². The summed E-state index contributed by atoms with van der Waals surface area (Å²) in [6, 6.07) is 22.8. The van der Waals surface area contributed by atoms with Crippen LogP contribution < -0.4 is 14.5 Å². The molecule has 8 heteroatoms. The number of imide groups is 2. The highest BCUT2D eigenvalue weighted by atomic mass is 16.5. The third-order valence-electron chi connectivity index (χ3n) is 10.1. The van der Waals surface area contributed by atoms with Crippen LogP contribution in [0, 0.1) is 48.9 Å². The topological polar surface area (TPSA) is 101 Å². The maximum absolute atomic E-state index is 14.4. The van der Waals surface area contributed by atoms with E-state index in [4.69, 9.17) is 4.74 Å². The van der Waals surface area contributed by atoms with E-state index in [0.717, 1.165) is 11.1 Å². The first-order valence-electron chi connectivity index (χ1n) is 14.4. The Morgan fingerprint density at radius 1 is 0.628 bits per heavy atom. The molecule has 8 rings (SSSR count). The number of hydrogen-bond acceptors (Lipinski definition) is 6. The summed E-state index contributed by atoms with van der Waals surface area (Å²) in [6.45, 7) is 7.07. The molecule has 0 aromatic heterocycles. The van der Waals surface area contributed by atoms with Crippen molar-refractivity contribution >= 4 is 41.0 Å². The second-order valence-electron chi connectivity index (χ2n) is 12.2. The predicted octanol–water partition coefficient (Wildman–Crippen LogP) is 4.79. The molecule has 0 unspecified atom stereocenters. The third kappa shape index (κ3) is 3.46. The van der Waals surface area contributed by atoms with E-state index in [9.17, 15) is 24.0 Å². The molecule has 0 radical (unpaired) electrons. The number of anilines is 2. The Morgan fingerprint density at radius 3 is 1.53 bits per heavy atom. The fraction of sp³-hybridized carbons (Fsp3) is 0.286. The molecule has 3 aromatic carbocycles. The highest BCUT2D eigenvalue weighted by Gasteiger charge is 2.77. The summed E-state index contributed by atoms with van der Waals surface area (Å²) in [5, 5.41) is 0. The number of carbonyl (C=O) groups is 5. The van der Waals surface area contributed by atoms with E-state index >= 15 is 0 Å². The maximum Gasteiger partial charge on any atom is 0.339 e. The molecule has 3 aromatic rings. The summed E-state index contributed by atoms with van der Waals surface area (Å²) in [5.74, 6) is -6.82. The molecule has 2 bridgehead atoms. The number of para-hydroxylation sites is 3. The Morgan fingerprint density at radius 2 is 1.07 bits per heavy atom. The van der Waals surface area contributed by atoms with Crippen LogP contribution in [0.1, 0.15) is 25.0 Å². The van der Waals surface area contributed by atoms with Crippen molar-refractivity contribution in [1.29, 1.82) is 0 Å². The summed E-state index contributed by atoms with van der Waals surface area (Å²) in [7, 11) is 0. The minimum absolute atomic E-state index is 0.199. The molecule has 2 saturated heterocycles. The van der Waals surface area contributed by atoms with Crippen molar-refractivity contribution in [3.8, 4) is 5.75 Å². The number of carbonyl (C=O) groups excluding carboxylic acids is 5. The molecule has 4 atom stereocenters. The molecular formula is C35H30N2O6. The van der Waals surface area contributed by atoms with Crippen LogP contribution in [0.5, 0.6) is 5.75 Å². The molecule has 0 N–H and O–H groups in total. The summed E-state index contributed by atoms with van der Waals surface area (Å²) >= 11 is 0. The SMILES string of the molecule is CC1=C(C(=O)Oc2ccccc2)C2(C)[C@@H]3C(=O)N(c4ccccc4C)C(=O)[C@H]3C1[C@@H]1C(=O)N(c3ccccc3C)C(=O)[C@H]12. The van der Waals surface area contributed by atoms with Gasteiger partial charge < -0.3 is 4.74 Å². The van der Waals surface area contributed by atoms with Crippen LogP contribution in [0.4, 0.5) is 11.4 Å². The number of aryl methyl sites for hydroxylation is 2. The lowest BCUT2D eigenvalue weighted by Crippen LogP contribution is -2.61. The van der Waals surface area contributed by atoms with E-state index in [2.05, 4.69) is 0 Å². The highest BCUT2D eigenvalue weighted by Crippen LogP contribution is 2.69. The van der Waals surface area contributed by atoms with E-state index in [-0.39, 0.29) is 5.57 Å². The van der Waals surface area contributed by atoms with Gasteiger partial charge in [-0.05, 0) is 56.2 Å².